The highest BCUT2D eigenvalue weighted by atomic mass is 32.2. The maximum atomic E-state index is 12.3. The SMILES string of the molecule is Cc1cc(-c2nnc(SCC(=O)Nc3nc(C)c(C(=O)N(C)C)s3)n2C)cs1. The van der Waals surface area contributed by atoms with Gasteiger partial charge < -0.3 is 14.8 Å². The van der Waals surface area contributed by atoms with E-state index in [2.05, 4.69) is 26.6 Å². The van der Waals surface area contributed by atoms with Crippen LogP contribution in [0, 0.1) is 13.8 Å². The number of hydrogen-bond donors (Lipinski definition) is 1. The molecule has 0 aliphatic carbocycles. The molecule has 0 unspecified atom stereocenters. The number of carbonyl (C=O) groups excluding carboxylic acids is 2. The summed E-state index contributed by atoms with van der Waals surface area (Å²) in [6.45, 7) is 3.80. The van der Waals surface area contributed by atoms with E-state index >= 15 is 0 Å². The van der Waals surface area contributed by atoms with Crippen molar-refractivity contribution in [1.82, 2.24) is 24.6 Å². The third kappa shape index (κ3) is 4.42. The molecule has 0 spiro atoms. The third-order valence-electron chi connectivity index (χ3n) is 3.80. The monoisotopic (exact) mass is 436 g/mol. The van der Waals surface area contributed by atoms with Crippen LogP contribution in [-0.4, -0.2) is 56.3 Å². The molecule has 3 aromatic heterocycles. The second kappa shape index (κ2) is 8.41. The van der Waals surface area contributed by atoms with Crippen LogP contribution in [0.1, 0.15) is 20.2 Å². The highest BCUT2D eigenvalue weighted by Gasteiger charge is 2.19. The topological polar surface area (TPSA) is 93.0 Å². The first-order valence-electron chi connectivity index (χ1n) is 8.33. The summed E-state index contributed by atoms with van der Waals surface area (Å²) < 4.78 is 1.88. The zero-order valence-electron chi connectivity index (χ0n) is 16.1. The standard InChI is InChI=1S/C17H20N6O2S3/c1-9-6-11(7-26-9)14-20-21-17(23(14)5)27-8-12(24)19-16-18-10(2)13(28-16)15(25)22(3)4/h6-7H,8H2,1-5H3,(H,18,19,24). The molecular weight excluding hydrogens is 416 g/mol. The Labute approximate surface area is 175 Å². The number of thioether (sulfide) groups is 1. The van der Waals surface area contributed by atoms with E-state index in [0.29, 0.717) is 20.9 Å². The summed E-state index contributed by atoms with van der Waals surface area (Å²) in [6, 6.07) is 2.06. The molecule has 2 amide bonds. The molecule has 3 rings (SSSR count). The van der Waals surface area contributed by atoms with Crippen LogP contribution in [-0.2, 0) is 11.8 Å². The molecule has 0 aliphatic rings. The number of aromatic nitrogens is 4. The number of anilines is 1. The van der Waals surface area contributed by atoms with Crippen molar-refractivity contribution in [2.24, 2.45) is 7.05 Å². The van der Waals surface area contributed by atoms with E-state index < -0.39 is 0 Å². The number of rotatable bonds is 6. The van der Waals surface area contributed by atoms with Gasteiger partial charge in [-0.2, -0.15) is 0 Å². The quantitative estimate of drug-likeness (QED) is 0.597. The van der Waals surface area contributed by atoms with Crippen molar-refractivity contribution in [2.45, 2.75) is 19.0 Å². The second-order valence-corrected chi connectivity index (χ2v) is 9.34. The molecule has 0 aromatic carbocycles. The molecule has 0 saturated heterocycles. The Kier molecular flexibility index (Phi) is 6.16. The van der Waals surface area contributed by atoms with Gasteiger partial charge in [0.1, 0.15) is 4.88 Å². The molecule has 0 bridgehead atoms. The number of amides is 2. The molecule has 3 heterocycles. The maximum absolute atomic E-state index is 12.3. The Morgan fingerprint density at radius 2 is 2.04 bits per heavy atom. The van der Waals surface area contributed by atoms with Crippen molar-refractivity contribution < 1.29 is 9.59 Å². The highest BCUT2D eigenvalue weighted by Crippen LogP contribution is 2.27. The first-order chi connectivity index (χ1) is 13.3. The van der Waals surface area contributed by atoms with E-state index in [1.807, 2.05) is 23.9 Å². The predicted octanol–water partition coefficient (Wildman–Crippen LogP) is 3.05. The average Bonchev–Trinajstić information content (AvgIpc) is 3.31. The molecule has 0 aliphatic heterocycles. The molecular formula is C17H20N6O2S3. The summed E-state index contributed by atoms with van der Waals surface area (Å²) in [6.07, 6.45) is 0. The summed E-state index contributed by atoms with van der Waals surface area (Å²) in [5, 5.41) is 14.3. The fourth-order valence-corrected chi connectivity index (χ4v) is 4.79. The van der Waals surface area contributed by atoms with E-state index in [1.165, 1.54) is 32.9 Å². The molecule has 148 valence electrons. The molecule has 8 nitrogen and oxygen atoms in total. The van der Waals surface area contributed by atoms with Crippen LogP contribution in [0.5, 0.6) is 0 Å². The van der Waals surface area contributed by atoms with Crippen molar-refractivity contribution in [2.75, 3.05) is 25.2 Å². The number of nitrogens with zero attached hydrogens (tertiary/aromatic N) is 5. The number of hydrogen-bond acceptors (Lipinski definition) is 8. The van der Waals surface area contributed by atoms with Gasteiger partial charge in [-0.15, -0.1) is 21.5 Å². The fraction of sp³-hybridized carbons (Fsp3) is 0.353. The fourth-order valence-electron chi connectivity index (χ4n) is 2.39. The smallest absolute Gasteiger partial charge is 0.265 e. The Morgan fingerprint density at radius 3 is 2.68 bits per heavy atom. The zero-order chi connectivity index (χ0) is 20.4. The third-order valence-corrected chi connectivity index (χ3v) is 6.74. The first-order valence-corrected chi connectivity index (χ1v) is 11.0. The van der Waals surface area contributed by atoms with E-state index in [1.54, 1.807) is 32.4 Å². The van der Waals surface area contributed by atoms with Crippen molar-refractivity contribution in [3.63, 3.8) is 0 Å². The molecule has 0 atom stereocenters. The summed E-state index contributed by atoms with van der Waals surface area (Å²) in [5.41, 5.74) is 1.63. The highest BCUT2D eigenvalue weighted by molar-refractivity contribution is 7.99. The van der Waals surface area contributed by atoms with Crippen LogP contribution in [0.3, 0.4) is 0 Å². The summed E-state index contributed by atoms with van der Waals surface area (Å²) in [7, 11) is 5.25. The minimum absolute atomic E-state index is 0.125. The Hall–Kier alpha value is -2.24. The number of thiophene rings is 1. The molecule has 11 heteroatoms. The Morgan fingerprint density at radius 1 is 1.29 bits per heavy atom. The van der Waals surface area contributed by atoms with Gasteiger partial charge in [-0.1, -0.05) is 23.1 Å². The number of thiazole rings is 1. The van der Waals surface area contributed by atoms with Crippen molar-refractivity contribution >= 4 is 51.4 Å². The van der Waals surface area contributed by atoms with Gasteiger partial charge in [0.15, 0.2) is 16.1 Å². The van der Waals surface area contributed by atoms with Gasteiger partial charge in [0.25, 0.3) is 5.91 Å². The lowest BCUT2D eigenvalue weighted by Crippen LogP contribution is -2.21. The lowest BCUT2D eigenvalue weighted by Gasteiger charge is -2.07. The summed E-state index contributed by atoms with van der Waals surface area (Å²) >= 11 is 4.14. The van der Waals surface area contributed by atoms with Crippen LogP contribution in [0.25, 0.3) is 11.4 Å². The average molecular weight is 437 g/mol. The second-order valence-electron chi connectivity index (χ2n) is 6.28. The largest absolute Gasteiger partial charge is 0.344 e. The van der Waals surface area contributed by atoms with E-state index in [-0.39, 0.29) is 17.6 Å². The summed E-state index contributed by atoms with van der Waals surface area (Å²) in [5.74, 6) is 0.609. The molecule has 3 aromatic rings. The molecule has 0 fully saturated rings. The van der Waals surface area contributed by atoms with Crippen LogP contribution in [0.4, 0.5) is 5.13 Å². The van der Waals surface area contributed by atoms with Crippen molar-refractivity contribution in [3.8, 4) is 11.4 Å². The predicted molar refractivity (Wildman–Crippen MR) is 113 cm³/mol. The van der Waals surface area contributed by atoms with Crippen LogP contribution >= 0.6 is 34.4 Å². The maximum Gasteiger partial charge on any atom is 0.265 e. The first kappa shape index (κ1) is 20.5. The van der Waals surface area contributed by atoms with E-state index in [0.717, 1.165) is 11.4 Å². The lowest BCUT2D eigenvalue weighted by atomic mass is 10.3. The van der Waals surface area contributed by atoms with Gasteiger partial charge in [-0.3, -0.25) is 9.59 Å². The Bertz CT molecular complexity index is 1020. The van der Waals surface area contributed by atoms with Crippen LogP contribution in [0.15, 0.2) is 16.6 Å². The van der Waals surface area contributed by atoms with E-state index in [9.17, 15) is 9.59 Å². The van der Waals surface area contributed by atoms with Gasteiger partial charge in [0.2, 0.25) is 5.91 Å². The molecule has 0 radical (unpaired) electrons. The Balaban J connectivity index is 1.62. The zero-order valence-corrected chi connectivity index (χ0v) is 18.6. The van der Waals surface area contributed by atoms with Gasteiger partial charge >= 0.3 is 0 Å². The minimum Gasteiger partial charge on any atom is -0.344 e. The minimum atomic E-state index is -0.210. The lowest BCUT2D eigenvalue weighted by molar-refractivity contribution is -0.113. The summed E-state index contributed by atoms with van der Waals surface area (Å²) in [4.78, 5) is 31.9. The van der Waals surface area contributed by atoms with E-state index in [4.69, 9.17) is 0 Å². The van der Waals surface area contributed by atoms with Crippen molar-refractivity contribution in [1.29, 1.82) is 0 Å². The van der Waals surface area contributed by atoms with Crippen LogP contribution < -0.4 is 5.32 Å². The molecule has 1 N–H and O–H groups in total. The molecule has 28 heavy (non-hydrogen) atoms. The van der Waals surface area contributed by atoms with Crippen molar-refractivity contribution in [3.05, 3.63) is 26.9 Å². The van der Waals surface area contributed by atoms with Crippen LogP contribution in [0.2, 0.25) is 0 Å². The number of carbonyl (C=O) groups is 2. The number of nitrogens with one attached hydrogen (secondary N) is 1. The molecule has 0 saturated carbocycles. The normalized spacial score (nSPS) is 10.9. The van der Waals surface area contributed by atoms with Gasteiger partial charge in [0.05, 0.1) is 11.4 Å². The van der Waals surface area contributed by atoms with Gasteiger partial charge in [-0.05, 0) is 19.9 Å². The van der Waals surface area contributed by atoms with Gasteiger partial charge in [-0.25, -0.2) is 4.98 Å². The van der Waals surface area contributed by atoms with Gasteiger partial charge in [0, 0.05) is 37.0 Å². The number of aryl methyl sites for hydroxylation is 2.